The predicted molar refractivity (Wildman–Crippen MR) is 62.3 cm³/mol. The molecule has 1 rings (SSSR count). The lowest BCUT2D eigenvalue weighted by atomic mass is 10.1. The molecule has 0 bridgehead atoms. The number of hydrogen-bond acceptors (Lipinski definition) is 3. The van der Waals surface area contributed by atoms with Gasteiger partial charge >= 0.3 is 0 Å². The second-order valence-corrected chi connectivity index (χ2v) is 3.57. The molecule has 1 aromatic heterocycles. The van der Waals surface area contributed by atoms with Gasteiger partial charge < -0.3 is 10.1 Å². The zero-order chi connectivity index (χ0) is 11.3. The van der Waals surface area contributed by atoms with Gasteiger partial charge in [-0.2, -0.15) is 0 Å². The summed E-state index contributed by atoms with van der Waals surface area (Å²) in [6.45, 7) is 10.6. The number of rotatable bonds is 5. The highest BCUT2D eigenvalue weighted by Gasteiger charge is 2.07. The number of aromatic nitrogens is 1. The van der Waals surface area contributed by atoms with Crippen molar-refractivity contribution in [3.8, 4) is 5.88 Å². The maximum atomic E-state index is 5.52. The highest BCUT2D eigenvalue weighted by atomic mass is 16.5. The fourth-order valence-electron chi connectivity index (χ4n) is 1.39. The van der Waals surface area contributed by atoms with Crippen LogP contribution in [0, 0.1) is 13.8 Å². The van der Waals surface area contributed by atoms with Gasteiger partial charge in [0, 0.05) is 17.8 Å². The maximum Gasteiger partial charge on any atom is 0.218 e. The monoisotopic (exact) mass is 208 g/mol. The summed E-state index contributed by atoms with van der Waals surface area (Å²) in [5.74, 6) is 0.765. The smallest absolute Gasteiger partial charge is 0.218 e. The topological polar surface area (TPSA) is 34.2 Å². The summed E-state index contributed by atoms with van der Waals surface area (Å²) in [5.41, 5.74) is 3.40. The molecule has 1 N–H and O–H groups in total. The van der Waals surface area contributed by atoms with Crippen molar-refractivity contribution in [2.75, 3.05) is 13.2 Å². The van der Waals surface area contributed by atoms with Crippen molar-refractivity contribution in [1.82, 2.24) is 10.3 Å². The van der Waals surface area contributed by atoms with Crippen LogP contribution in [0.25, 0.3) is 0 Å². The van der Waals surface area contributed by atoms with Gasteiger partial charge in [-0.1, -0.05) is 6.92 Å². The van der Waals surface area contributed by atoms with Gasteiger partial charge in [0.2, 0.25) is 5.88 Å². The zero-order valence-electron chi connectivity index (χ0n) is 10.1. The molecular weight excluding hydrogens is 188 g/mol. The predicted octanol–water partition coefficient (Wildman–Crippen LogP) is 2.21. The third-order valence-electron chi connectivity index (χ3n) is 2.35. The van der Waals surface area contributed by atoms with E-state index >= 15 is 0 Å². The van der Waals surface area contributed by atoms with E-state index in [4.69, 9.17) is 4.74 Å². The van der Waals surface area contributed by atoms with Crippen molar-refractivity contribution in [2.24, 2.45) is 0 Å². The van der Waals surface area contributed by atoms with Crippen LogP contribution in [0.5, 0.6) is 5.88 Å². The van der Waals surface area contributed by atoms with Gasteiger partial charge in [-0.15, -0.1) is 0 Å². The average molecular weight is 208 g/mol. The van der Waals surface area contributed by atoms with E-state index in [1.165, 1.54) is 5.56 Å². The molecule has 0 radical (unpaired) electrons. The Morgan fingerprint density at radius 1 is 1.33 bits per heavy atom. The SMILES string of the molecule is CCNCc1cc(C)c(C)nc1OCC. The average Bonchev–Trinajstić information content (AvgIpc) is 2.21. The molecule has 1 heterocycles. The molecule has 0 aliphatic carbocycles. The number of hydrogen-bond donors (Lipinski definition) is 1. The van der Waals surface area contributed by atoms with Crippen LogP contribution >= 0.6 is 0 Å². The van der Waals surface area contributed by atoms with E-state index in [0.29, 0.717) is 6.61 Å². The summed E-state index contributed by atoms with van der Waals surface area (Å²) in [6, 6.07) is 2.15. The Morgan fingerprint density at radius 2 is 2.07 bits per heavy atom. The van der Waals surface area contributed by atoms with E-state index in [2.05, 4.69) is 30.2 Å². The summed E-state index contributed by atoms with van der Waals surface area (Å²) < 4.78 is 5.52. The summed E-state index contributed by atoms with van der Waals surface area (Å²) in [4.78, 5) is 4.45. The first-order chi connectivity index (χ1) is 7.19. The van der Waals surface area contributed by atoms with Crippen molar-refractivity contribution in [3.63, 3.8) is 0 Å². The van der Waals surface area contributed by atoms with E-state index in [-0.39, 0.29) is 0 Å². The molecule has 0 saturated heterocycles. The molecule has 0 unspecified atom stereocenters. The van der Waals surface area contributed by atoms with Crippen LogP contribution in [-0.4, -0.2) is 18.1 Å². The molecule has 0 atom stereocenters. The van der Waals surface area contributed by atoms with E-state index in [1.807, 2.05) is 13.8 Å². The first-order valence-corrected chi connectivity index (χ1v) is 5.49. The molecular formula is C12H20N2O. The molecule has 84 valence electrons. The van der Waals surface area contributed by atoms with Crippen LogP contribution < -0.4 is 10.1 Å². The van der Waals surface area contributed by atoms with Gasteiger partial charge in [-0.3, -0.25) is 0 Å². The van der Waals surface area contributed by atoms with Crippen LogP contribution in [0.1, 0.15) is 30.7 Å². The Hall–Kier alpha value is -1.09. The minimum Gasteiger partial charge on any atom is -0.478 e. The number of ether oxygens (including phenoxy) is 1. The van der Waals surface area contributed by atoms with Crippen LogP contribution in [0.15, 0.2) is 6.07 Å². The summed E-state index contributed by atoms with van der Waals surface area (Å²) in [7, 11) is 0. The second kappa shape index (κ2) is 5.71. The van der Waals surface area contributed by atoms with Crippen molar-refractivity contribution >= 4 is 0 Å². The van der Waals surface area contributed by atoms with Gasteiger partial charge in [0.1, 0.15) is 0 Å². The van der Waals surface area contributed by atoms with Crippen LogP contribution in [-0.2, 0) is 6.54 Å². The molecule has 3 heteroatoms. The standard InChI is InChI=1S/C12H20N2O/c1-5-13-8-11-7-9(3)10(4)14-12(11)15-6-2/h7,13H,5-6,8H2,1-4H3. The molecule has 0 amide bonds. The van der Waals surface area contributed by atoms with Crippen LogP contribution in [0.2, 0.25) is 0 Å². The van der Waals surface area contributed by atoms with Gasteiger partial charge in [0.25, 0.3) is 0 Å². The summed E-state index contributed by atoms with van der Waals surface area (Å²) >= 11 is 0. The minimum absolute atomic E-state index is 0.661. The molecule has 0 aliphatic rings. The normalized spacial score (nSPS) is 10.4. The number of nitrogens with one attached hydrogen (secondary N) is 1. The Labute approximate surface area is 91.9 Å². The lowest BCUT2D eigenvalue weighted by molar-refractivity contribution is 0.321. The van der Waals surface area contributed by atoms with Crippen LogP contribution in [0.3, 0.4) is 0 Å². The quantitative estimate of drug-likeness (QED) is 0.805. The van der Waals surface area contributed by atoms with Crippen molar-refractivity contribution in [2.45, 2.75) is 34.2 Å². The molecule has 0 aliphatic heterocycles. The van der Waals surface area contributed by atoms with E-state index < -0.39 is 0 Å². The van der Waals surface area contributed by atoms with Crippen LogP contribution in [0.4, 0.5) is 0 Å². The molecule has 3 nitrogen and oxygen atoms in total. The Balaban J connectivity index is 2.93. The van der Waals surface area contributed by atoms with Crippen molar-refractivity contribution in [3.05, 3.63) is 22.9 Å². The van der Waals surface area contributed by atoms with Gasteiger partial charge in [-0.05, 0) is 38.9 Å². The Kier molecular flexibility index (Phi) is 4.56. The summed E-state index contributed by atoms with van der Waals surface area (Å²) in [6.07, 6.45) is 0. The third-order valence-corrected chi connectivity index (χ3v) is 2.35. The highest BCUT2D eigenvalue weighted by molar-refractivity contribution is 5.33. The van der Waals surface area contributed by atoms with Gasteiger partial charge in [-0.25, -0.2) is 4.98 Å². The van der Waals surface area contributed by atoms with E-state index in [9.17, 15) is 0 Å². The van der Waals surface area contributed by atoms with E-state index in [0.717, 1.165) is 30.2 Å². The van der Waals surface area contributed by atoms with E-state index in [1.54, 1.807) is 0 Å². The molecule has 0 fully saturated rings. The Morgan fingerprint density at radius 3 is 2.67 bits per heavy atom. The van der Waals surface area contributed by atoms with Gasteiger partial charge in [0.05, 0.1) is 6.61 Å². The Bertz CT molecular complexity index is 324. The lowest BCUT2D eigenvalue weighted by Gasteiger charge is -2.12. The minimum atomic E-state index is 0.661. The fraction of sp³-hybridized carbons (Fsp3) is 0.583. The molecule has 0 spiro atoms. The molecule has 0 saturated carbocycles. The number of pyridine rings is 1. The lowest BCUT2D eigenvalue weighted by Crippen LogP contribution is -2.14. The van der Waals surface area contributed by atoms with Crippen molar-refractivity contribution in [1.29, 1.82) is 0 Å². The fourth-order valence-corrected chi connectivity index (χ4v) is 1.39. The first kappa shape index (κ1) is 12.0. The maximum absolute atomic E-state index is 5.52. The third kappa shape index (κ3) is 3.20. The first-order valence-electron chi connectivity index (χ1n) is 5.49. The number of nitrogens with zero attached hydrogens (tertiary/aromatic N) is 1. The molecule has 15 heavy (non-hydrogen) atoms. The van der Waals surface area contributed by atoms with Gasteiger partial charge in [0.15, 0.2) is 0 Å². The second-order valence-electron chi connectivity index (χ2n) is 3.57. The molecule has 1 aromatic rings. The summed E-state index contributed by atoms with van der Waals surface area (Å²) in [5, 5.41) is 3.29. The zero-order valence-corrected chi connectivity index (χ0v) is 10.1. The highest BCUT2D eigenvalue weighted by Crippen LogP contribution is 2.19. The molecule has 0 aromatic carbocycles. The largest absolute Gasteiger partial charge is 0.478 e. The van der Waals surface area contributed by atoms with Crippen molar-refractivity contribution < 1.29 is 4.74 Å². The number of aryl methyl sites for hydroxylation is 2.